The van der Waals surface area contributed by atoms with Crippen LogP contribution in [0.4, 0.5) is 0 Å². The smallest absolute Gasteiger partial charge is 0.335 e. The molecule has 2 aromatic rings. The van der Waals surface area contributed by atoms with Crippen LogP contribution in [0.1, 0.15) is 92.6 Å². The number of carboxylic acids is 1. The number of ether oxygens (including phenoxy) is 1. The molecule has 0 radical (unpaired) electrons. The van der Waals surface area contributed by atoms with Crippen molar-refractivity contribution in [2.45, 2.75) is 76.9 Å². The first-order chi connectivity index (χ1) is 15.2. The Kier molecular flexibility index (Phi) is 12.2. The highest BCUT2D eigenvalue weighted by Crippen LogP contribution is 2.29. The van der Waals surface area contributed by atoms with E-state index in [4.69, 9.17) is 4.74 Å². The number of unbranched alkanes of at least 4 members (excludes halogenated alkanes) is 5. The lowest BCUT2D eigenvalue weighted by Gasteiger charge is -2.17. The van der Waals surface area contributed by atoms with Gasteiger partial charge in [0, 0.05) is 5.75 Å². The van der Waals surface area contributed by atoms with Gasteiger partial charge in [0.15, 0.2) is 0 Å². The van der Waals surface area contributed by atoms with Gasteiger partial charge in [0.1, 0.15) is 5.75 Å². The van der Waals surface area contributed by atoms with Crippen LogP contribution in [0.5, 0.6) is 5.75 Å². The summed E-state index contributed by atoms with van der Waals surface area (Å²) >= 11 is 1.91. The maximum absolute atomic E-state index is 11.5. The number of benzene rings is 2. The Labute approximate surface area is 192 Å². The zero-order valence-electron chi connectivity index (χ0n) is 19.1. The molecule has 0 saturated carbocycles. The van der Waals surface area contributed by atoms with Gasteiger partial charge in [-0.25, -0.2) is 4.79 Å². The first-order valence-electron chi connectivity index (χ1n) is 11.8. The largest absolute Gasteiger partial charge is 0.494 e. The Balaban J connectivity index is 1.68. The van der Waals surface area contributed by atoms with E-state index in [1.54, 1.807) is 12.1 Å². The van der Waals surface area contributed by atoms with Crippen LogP contribution in [0.3, 0.4) is 0 Å². The fourth-order valence-electron chi connectivity index (χ4n) is 3.80. The Morgan fingerprint density at radius 1 is 0.968 bits per heavy atom. The molecule has 0 amide bonds. The second-order valence-electron chi connectivity index (χ2n) is 8.10. The fourth-order valence-corrected chi connectivity index (χ4v) is 4.82. The normalized spacial score (nSPS) is 11.9. The van der Waals surface area contributed by atoms with Crippen LogP contribution in [-0.2, 0) is 5.75 Å². The molecule has 0 aliphatic carbocycles. The zero-order chi connectivity index (χ0) is 22.3. The monoisotopic (exact) mass is 442 g/mol. The molecule has 1 atom stereocenters. The molecule has 1 unspecified atom stereocenters. The predicted molar refractivity (Wildman–Crippen MR) is 133 cm³/mol. The molecule has 0 fully saturated rings. The van der Waals surface area contributed by atoms with Crippen LogP contribution in [-0.4, -0.2) is 23.4 Å². The summed E-state index contributed by atoms with van der Waals surface area (Å²) in [6.45, 7) is 5.18. The summed E-state index contributed by atoms with van der Waals surface area (Å²) in [6.07, 6.45) is 9.62. The molecule has 2 rings (SSSR count). The number of rotatable bonds is 16. The highest BCUT2D eigenvalue weighted by molar-refractivity contribution is 7.98. The second-order valence-corrected chi connectivity index (χ2v) is 9.20. The number of carbonyl (C=O) groups is 1. The summed E-state index contributed by atoms with van der Waals surface area (Å²) in [4.78, 5) is 11.5. The Bertz CT molecular complexity index is 757. The topological polar surface area (TPSA) is 46.5 Å². The van der Waals surface area contributed by atoms with Gasteiger partial charge in [-0.1, -0.05) is 76.3 Å². The van der Waals surface area contributed by atoms with Crippen molar-refractivity contribution in [3.05, 3.63) is 65.2 Å². The maximum Gasteiger partial charge on any atom is 0.335 e. The van der Waals surface area contributed by atoms with Crippen molar-refractivity contribution in [1.82, 2.24) is 0 Å². The molecule has 3 nitrogen and oxygen atoms in total. The Morgan fingerprint density at radius 3 is 2.39 bits per heavy atom. The molecular formula is C27H38O3S. The third kappa shape index (κ3) is 9.39. The van der Waals surface area contributed by atoms with Gasteiger partial charge in [-0.15, -0.1) is 0 Å². The average Bonchev–Trinajstić information content (AvgIpc) is 2.79. The van der Waals surface area contributed by atoms with E-state index >= 15 is 0 Å². The molecule has 0 saturated heterocycles. The van der Waals surface area contributed by atoms with Gasteiger partial charge in [0.05, 0.1) is 12.2 Å². The molecule has 2 aromatic carbocycles. The summed E-state index contributed by atoms with van der Waals surface area (Å²) < 4.78 is 5.86. The predicted octanol–water partition coefficient (Wildman–Crippen LogP) is 7.94. The molecule has 0 aliphatic heterocycles. The van der Waals surface area contributed by atoms with Crippen LogP contribution in [0.2, 0.25) is 0 Å². The molecule has 0 heterocycles. The summed E-state index contributed by atoms with van der Waals surface area (Å²) in [6, 6.07) is 15.9. The zero-order valence-corrected chi connectivity index (χ0v) is 20.0. The van der Waals surface area contributed by atoms with E-state index in [1.807, 2.05) is 23.9 Å². The van der Waals surface area contributed by atoms with E-state index in [-0.39, 0.29) is 5.92 Å². The van der Waals surface area contributed by atoms with E-state index in [0.29, 0.717) is 5.56 Å². The molecule has 4 heteroatoms. The van der Waals surface area contributed by atoms with Gasteiger partial charge < -0.3 is 9.84 Å². The van der Waals surface area contributed by atoms with E-state index in [2.05, 4.69) is 38.1 Å². The van der Waals surface area contributed by atoms with Gasteiger partial charge in [-0.05, 0) is 60.3 Å². The second kappa shape index (κ2) is 15.0. The average molecular weight is 443 g/mol. The standard InChI is InChI=1S/C27H38O3S/c1-3-5-6-7-8-11-19-30-24-16-14-22(15-17-24)21-31-20-18-23(4-2)25-12-9-10-13-26(25)27(28)29/h9-10,12-17,23H,3-8,11,18-21H2,1-2H3,(H,28,29). The Hall–Kier alpha value is -1.94. The van der Waals surface area contributed by atoms with E-state index in [0.717, 1.165) is 48.7 Å². The number of hydrogen-bond acceptors (Lipinski definition) is 3. The fraction of sp³-hybridized carbons (Fsp3) is 0.519. The van der Waals surface area contributed by atoms with Gasteiger partial charge in [0.2, 0.25) is 0 Å². The first kappa shape index (κ1) is 25.3. The molecule has 0 bridgehead atoms. The van der Waals surface area contributed by atoms with Crippen molar-refractivity contribution in [3.63, 3.8) is 0 Å². The summed E-state index contributed by atoms with van der Waals surface area (Å²) in [7, 11) is 0. The quantitative estimate of drug-likeness (QED) is 0.268. The van der Waals surface area contributed by atoms with E-state index in [9.17, 15) is 9.90 Å². The third-order valence-corrected chi connectivity index (χ3v) is 6.76. The van der Waals surface area contributed by atoms with E-state index in [1.165, 1.54) is 37.7 Å². The van der Waals surface area contributed by atoms with Gasteiger partial charge in [0.25, 0.3) is 0 Å². The van der Waals surface area contributed by atoms with Crippen molar-refractivity contribution < 1.29 is 14.6 Å². The van der Waals surface area contributed by atoms with Crippen LogP contribution >= 0.6 is 11.8 Å². The van der Waals surface area contributed by atoms with Gasteiger partial charge in [-0.2, -0.15) is 11.8 Å². The van der Waals surface area contributed by atoms with Gasteiger partial charge in [-0.3, -0.25) is 0 Å². The van der Waals surface area contributed by atoms with Gasteiger partial charge >= 0.3 is 5.97 Å². The number of thioether (sulfide) groups is 1. The van der Waals surface area contributed by atoms with Crippen molar-refractivity contribution in [2.75, 3.05) is 12.4 Å². The van der Waals surface area contributed by atoms with Crippen molar-refractivity contribution in [3.8, 4) is 5.75 Å². The highest BCUT2D eigenvalue weighted by atomic mass is 32.2. The van der Waals surface area contributed by atoms with Crippen molar-refractivity contribution >= 4 is 17.7 Å². The minimum absolute atomic E-state index is 0.289. The number of hydrogen-bond donors (Lipinski definition) is 1. The van der Waals surface area contributed by atoms with Crippen LogP contribution in [0, 0.1) is 0 Å². The summed E-state index contributed by atoms with van der Waals surface area (Å²) in [5, 5.41) is 9.45. The molecule has 1 N–H and O–H groups in total. The molecule has 31 heavy (non-hydrogen) atoms. The molecule has 0 aromatic heterocycles. The molecule has 0 aliphatic rings. The highest BCUT2D eigenvalue weighted by Gasteiger charge is 2.17. The van der Waals surface area contributed by atoms with Crippen LogP contribution in [0.15, 0.2) is 48.5 Å². The third-order valence-electron chi connectivity index (χ3n) is 5.69. The Morgan fingerprint density at radius 2 is 1.68 bits per heavy atom. The van der Waals surface area contributed by atoms with Crippen LogP contribution < -0.4 is 4.74 Å². The molecule has 0 spiro atoms. The molecule has 170 valence electrons. The number of carboxylic acid groups (broad SMARTS) is 1. The lowest BCUT2D eigenvalue weighted by molar-refractivity contribution is 0.0695. The van der Waals surface area contributed by atoms with Crippen molar-refractivity contribution in [1.29, 1.82) is 0 Å². The van der Waals surface area contributed by atoms with Crippen LogP contribution in [0.25, 0.3) is 0 Å². The minimum Gasteiger partial charge on any atom is -0.494 e. The summed E-state index contributed by atoms with van der Waals surface area (Å²) in [5.74, 6) is 2.40. The summed E-state index contributed by atoms with van der Waals surface area (Å²) in [5.41, 5.74) is 2.71. The number of aromatic carboxylic acids is 1. The van der Waals surface area contributed by atoms with E-state index < -0.39 is 5.97 Å². The lowest BCUT2D eigenvalue weighted by Crippen LogP contribution is -2.07. The molecular weight excluding hydrogens is 404 g/mol. The minimum atomic E-state index is -0.833. The SMILES string of the molecule is CCCCCCCCOc1ccc(CSCCC(CC)c2ccccc2C(=O)O)cc1. The van der Waals surface area contributed by atoms with Crippen molar-refractivity contribution in [2.24, 2.45) is 0 Å². The lowest BCUT2D eigenvalue weighted by atomic mass is 9.90. The maximum atomic E-state index is 11.5. The first-order valence-corrected chi connectivity index (χ1v) is 12.9.